The normalized spacial score (nSPS) is 11.6. The predicted molar refractivity (Wildman–Crippen MR) is 129 cm³/mol. The minimum Gasteiger partial charge on any atom is -0.502 e. The van der Waals surface area contributed by atoms with Gasteiger partial charge in [0, 0.05) is 27.1 Å². The van der Waals surface area contributed by atoms with Gasteiger partial charge in [0.05, 0.1) is 22.0 Å². The lowest BCUT2D eigenvalue weighted by Crippen LogP contribution is -2.20. The molecule has 3 aromatic carbocycles. The Bertz CT molecular complexity index is 1710. The molecule has 9 nitrogen and oxygen atoms in total. The summed E-state index contributed by atoms with van der Waals surface area (Å²) in [6.45, 7) is 0. The van der Waals surface area contributed by atoms with Gasteiger partial charge in [-0.2, -0.15) is 9.78 Å². The number of rotatable bonds is 4. The van der Waals surface area contributed by atoms with E-state index in [1.54, 1.807) is 48.5 Å². The van der Waals surface area contributed by atoms with Gasteiger partial charge in [0.25, 0.3) is 5.56 Å². The summed E-state index contributed by atoms with van der Waals surface area (Å²) in [5, 5.41) is 27.2. The maximum atomic E-state index is 13.3. The van der Waals surface area contributed by atoms with Gasteiger partial charge in [-0.05, 0) is 42.5 Å². The third-order valence-corrected chi connectivity index (χ3v) is 5.50. The number of nitrogens with zero attached hydrogens (tertiary/aromatic N) is 4. The van der Waals surface area contributed by atoms with Crippen LogP contribution < -0.4 is 5.56 Å². The van der Waals surface area contributed by atoms with Gasteiger partial charge in [0.1, 0.15) is 5.58 Å². The van der Waals surface area contributed by atoms with E-state index in [4.69, 9.17) is 27.6 Å². The molecule has 0 radical (unpaired) electrons. The number of benzene rings is 3. The molecular weight excluding hydrogens is 483 g/mol. The van der Waals surface area contributed by atoms with Crippen molar-refractivity contribution in [3.05, 3.63) is 96.7 Å². The molecule has 34 heavy (non-hydrogen) atoms. The van der Waals surface area contributed by atoms with Crippen molar-refractivity contribution in [1.29, 1.82) is 0 Å². The predicted octanol–water partition coefficient (Wildman–Crippen LogP) is 5.61. The molecule has 0 aliphatic carbocycles. The monoisotopic (exact) mass is 494 g/mol. The van der Waals surface area contributed by atoms with Crippen LogP contribution in [0, 0.1) is 10.1 Å². The van der Waals surface area contributed by atoms with Crippen LogP contribution >= 0.6 is 23.2 Å². The number of fused-ring (bicyclic) bond motifs is 2. The Morgan fingerprint density at radius 2 is 1.88 bits per heavy atom. The van der Waals surface area contributed by atoms with Crippen molar-refractivity contribution >= 4 is 57.0 Å². The summed E-state index contributed by atoms with van der Waals surface area (Å²) in [7, 11) is 0. The average Bonchev–Trinajstić information content (AvgIpc) is 3.23. The van der Waals surface area contributed by atoms with Crippen molar-refractivity contribution in [2.75, 3.05) is 0 Å². The largest absolute Gasteiger partial charge is 0.502 e. The molecule has 2 aromatic heterocycles. The number of aromatic hydroxyl groups is 1. The van der Waals surface area contributed by atoms with Crippen molar-refractivity contribution < 1.29 is 14.4 Å². The van der Waals surface area contributed by atoms with E-state index in [1.807, 2.05) is 0 Å². The molecule has 11 heteroatoms. The molecule has 0 aliphatic heterocycles. The highest BCUT2D eigenvalue weighted by Crippen LogP contribution is 2.33. The number of aromatic nitrogens is 2. The van der Waals surface area contributed by atoms with Crippen LogP contribution in [-0.2, 0) is 0 Å². The number of hydrogen-bond acceptors (Lipinski definition) is 7. The van der Waals surface area contributed by atoms with Gasteiger partial charge in [0.2, 0.25) is 11.6 Å². The smallest absolute Gasteiger partial charge is 0.312 e. The SMILES string of the molecule is O=c1c2ccccc2nc(-c2cc3cc(Cl)ccc3o2)n1N=Cc1cc(Cl)cc([N+](=O)[O-])c1O. The molecule has 2 heterocycles. The van der Waals surface area contributed by atoms with E-state index in [0.717, 1.165) is 17.0 Å². The molecule has 0 unspecified atom stereocenters. The topological polar surface area (TPSA) is 124 Å². The first-order valence-electron chi connectivity index (χ1n) is 9.74. The zero-order chi connectivity index (χ0) is 24.0. The highest BCUT2D eigenvalue weighted by Gasteiger charge is 2.19. The Kier molecular flexibility index (Phi) is 5.27. The van der Waals surface area contributed by atoms with Gasteiger partial charge >= 0.3 is 5.69 Å². The fraction of sp³-hybridized carbons (Fsp3) is 0. The summed E-state index contributed by atoms with van der Waals surface area (Å²) in [6, 6.07) is 15.8. The first-order valence-corrected chi connectivity index (χ1v) is 10.5. The van der Waals surface area contributed by atoms with Crippen LogP contribution in [0.25, 0.3) is 33.5 Å². The lowest BCUT2D eigenvalue weighted by atomic mass is 10.2. The second-order valence-corrected chi connectivity index (χ2v) is 8.10. The molecule has 5 rings (SSSR count). The minimum atomic E-state index is -0.771. The average molecular weight is 495 g/mol. The summed E-state index contributed by atoms with van der Waals surface area (Å²) in [6.07, 6.45) is 1.09. The number of phenols is 1. The Morgan fingerprint density at radius 1 is 1.09 bits per heavy atom. The Morgan fingerprint density at radius 3 is 2.68 bits per heavy atom. The lowest BCUT2D eigenvalue weighted by Gasteiger charge is -2.07. The Balaban J connectivity index is 1.74. The molecule has 168 valence electrons. The van der Waals surface area contributed by atoms with Crippen LogP contribution in [0.3, 0.4) is 0 Å². The molecule has 0 spiro atoms. The number of nitro groups is 1. The first-order chi connectivity index (χ1) is 16.3. The van der Waals surface area contributed by atoms with Gasteiger partial charge in [-0.1, -0.05) is 35.3 Å². The van der Waals surface area contributed by atoms with E-state index in [2.05, 4.69) is 10.1 Å². The zero-order valence-electron chi connectivity index (χ0n) is 17.0. The van der Waals surface area contributed by atoms with E-state index < -0.39 is 21.9 Å². The summed E-state index contributed by atoms with van der Waals surface area (Å²) >= 11 is 12.0. The molecular formula is C23H12Cl2N4O5. The molecule has 0 bridgehead atoms. The summed E-state index contributed by atoms with van der Waals surface area (Å²) in [5.41, 5.74) is -0.200. The molecule has 0 aliphatic rings. The van der Waals surface area contributed by atoms with Crippen molar-refractivity contribution in [3.8, 4) is 17.3 Å². The van der Waals surface area contributed by atoms with Crippen molar-refractivity contribution in [2.45, 2.75) is 0 Å². The molecule has 0 saturated carbocycles. The van der Waals surface area contributed by atoms with Gasteiger partial charge in [0.15, 0.2) is 5.76 Å². The van der Waals surface area contributed by atoms with E-state index in [0.29, 0.717) is 26.9 Å². The highest BCUT2D eigenvalue weighted by molar-refractivity contribution is 6.31. The van der Waals surface area contributed by atoms with Crippen molar-refractivity contribution in [3.63, 3.8) is 0 Å². The van der Waals surface area contributed by atoms with Crippen molar-refractivity contribution in [1.82, 2.24) is 9.66 Å². The number of nitro benzene ring substituents is 1. The maximum absolute atomic E-state index is 13.3. The molecule has 0 fully saturated rings. The quantitative estimate of drug-likeness (QED) is 0.196. The third-order valence-electron chi connectivity index (χ3n) is 5.05. The van der Waals surface area contributed by atoms with Crippen LogP contribution in [0.1, 0.15) is 5.56 Å². The van der Waals surface area contributed by atoms with E-state index in [1.165, 1.54) is 6.07 Å². The van der Waals surface area contributed by atoms with Crippen LogP contribution in [0.5, 0.6) is 5.75 Å². The highest BCUT2D eigenvalue weighted by atomic mass is 35.5. The molecule has 1 N–H and O–H groups in total. The number of hydrogen-bond donors (Lipinski definition) is 1. The fourth-order valence-corrected chi connectivity index (χ4v) is 3.88. The first kappa shape index (κ1) is 21.6. The second kappa shape index (κ2) is 8.29. The standard InChI is InChI=1S/C23H12Cl2N4O5/c24-14-5-6-19-12(7-14)9-20(34-19)22-27-17-4-2-1-3-16(17)23(31)28(22)26-11-13-8-15(25)10-18(21(13)30)29(32)33/h1-11,30H. The molecule has 0 atom stereocenters. The van der Waals surface area contributed by atoms with Crippen LogP contribution in [0.15, 0.2) is 75.0 Å². The third kappa shape index (κ3) is 3.76. The van der Waals surface area contributed by atoms with E-state index in [9.17, 15) is 20.0 Å². The number of furan rings is 1. The van der Waals surface area contributed by atoms with Gasteiger partial charge < -0.3 is 9.52 Å². The van der Waals surface area contributed by atoms with Crippen LogP contribution in [-0.4, -0.2) is 25.9 Å². The molecule has 0 saturated heterocycles. The van der Waals surface area contributed by atoms with Gasteiger partial charge in [-0.3, -0.25) is 14.9 Å². The van der Waals surface area contributed by atoms with Crippen molar-refractivity contribution in [2.24, 2.45) is 5.10 Å². The van der Waals surface area contributed by atoms with Crippen LogP contribution in [0.2, 0.25) is 10.0 Å². The minimum absolute atomic E-state index is 0.0179. The summed E-state index contributed by atoms with van der Waals surface area (Å²) in [5.74, 6) is -0.304. The van der Waals surface area contributed by atoms with E-state index in [-0.39, 0.29) is 22.2 Å². The number of para-hydroxylation sites is 1. The maximum Gasteiger partial charge on any atom is 0.312 e. The molecule has 5 aromatic rings. The zero-order valence-corrected chi connectivity index (χ0v) is 18.5. The number of phenolic OH excluding ortho intramolecular Hbond substituents is 1. The molecule has 0 amide bonds. The second-order valence-electron chi connectivity index (χ2n) is 7.23. The summed E-state index contributed by atoms with van der Waals surface area (Å²) in [4.78, 5) is 28.3. The number of halogens is 2. The Labute approximate surface area is 200 Å². The van der Waals surface area contributed by atoms with Gasteiger partial charge in [-0.15, -0.1) is 0 Å². The fourth-order valence-electron chi connectivity index (χ4n) is 3.48. The summed E-state index contributed by atoms with van der Waals surface area (Å²) < 4.78 is 6.88. The van der Waals surface area contributed by atoms with E-state index >= 15 is 0 Å². The lowest BCUT2D eigenvalue weighted by molar-refractivity contribution is -0.385. The van der Waals surface area contributed by atoms with Crippen LogP contribution in [0.4, 0.5) is 5.69 Å². The Hall–Kier alpha value is -4.21. The van der Waals surface area contributed by atoms with Gasteiger partial charge in [-0.25, -0.2) is 4.98 Å².